The predicted octanol–water partition coefficient (Wildman–Crippen LogP) is 1.48. The highest BCUT2D eigenvalue weighted by Crippen LogP contribution is 2.22. The van der Waals surface area contributed by atoms with Crippen LogP contribution in [0.4, 0.5) is 4.79 Å². The van der Waals surface area contributed by atoms with E-state index in [1.165, 1.54) is 10.8 Å². The van der Waals surface area contributed by atoms with E-state index in [2.05, 4.69) is 4.74 Å². The summed E-state index contributed by atoms with van der Waals surface area (Å²) in [6.45, 7) is 2.82. The van der Waals surface area contributed by atoms with Crippen LogP contribution in [-0.2, 0) is 4.74 Å². The molecule has 60 valence electrons. The molecular formula is C5H11NO2S2. The third kappa shape index (κ3) is 6.25. The van der Waals surface area contributed by atoms with Crippen molar-refractivity contribution in [2.24, 2.45) is 5.73 Å². The lowest BCUT2D eigenvalue weighted by molar-refractivity contribution is 0.182. The molecule has 0 radical (unpaired) electrons. The Morgan fingerprint density at radius 1 is 1.70 bits per heavy atom. The molecule has 5 heteroatoms. The Labute approximate surface area is 68.5 Å². The summed E-state index contributed by atoms with van der Waals surface area (Å²) in [5.41, 5.74) is 5.20. The molecule has 2 N–H and O–H groups in total. The molecule has 0 rings (SSSR count). The summed E-state index contributed by atoms with van der Waals surface area (Å²) in [6.07, 6.45) is 0. The Balaban J connectivity index is 3.05. The first-order valence-corrected chi connectivity index (χ1v) is 5.29. The van der Waals surface area contributed by atoms with E-state index in [-0.39, 0.29) is 5.30 Å². The van der Waals surface area contributed by atoms with Gasteiger partial charge in [-0.05, 0) is 6.92 Å². The molecule has 0 fully saturated rings. The molecule has 10 heavy (non-hydrogen) atoms. The van der Waals surface area contributed by atoms with E-state index in [0.717, 1.165) is 16.5 Å². The molecule has 0 aliphatic rings. The second-order valence-electron chi connectivity index (χ2n) is 1.38. The van der Waals surface area contributed by atoms with Crippen LogP contribution in [0.15, 0.2) is 0 Å². The van der Waals surface area contributed by atoms with Crippen LogP contribution >= 0.6 is 21.6 Å². The Morgan fingerprint density at radius 2 is 2.40 bits per heavy atom. The van der Waals surface area contributed by atoms with Gasteiger partial charge in [0.25, 0.3) is 0 Å². The smallest absolute Gasteiger partial charge is 0.378 e. The molecule has 0 aromatic rings. The van der Waals surface area contributed by atoms with Crippen molar-refractivity contribution >= 4 is 26.9 Å². The van der Waals surface area contributed by atoms with E-state index in [1.807, 2.05) is 0 Å². The lowest BCUT2D eigenvalue weighted by atomic mass is 10.8. The van der Waals surface area contributed by atoms with Crippen molar-refractivity contribution in [2.45, 2.75) is 6.92 Å². The van der Waals surface area contributed by atoms with Gasteiger partial charge < -0.3 is 10.5 Å². The molecule has 0 unspecified atom stereocenters. The monoisotopic (exact) mass is 181 g/mol. The fourth-order valence-corrected chi connectivity index (χ4v) is 1.69. The summed E-state index contributed by atoms with van der Waals surface area (Å²) in [4.78, 5) is 10.6. The highest BCUT2D eigenvalue weighted by atomic mass is 33.1. The molecule has 0 saturated heterocycles. The summed E-state index contributed by atoms with van der Waals surface area (Å²) in [5, 5.41) is -0.235. The number of carbonyl (C=O) groups excluding carboxylic acids is 1. The average Bonchev–Trinajstić information content (AvgIpc) is 1.89. The zero-order chi connectivity index (χ0) is 7.82. The number of rotatable bonds is 4. The third-order valence-corrected chi connectivity index (χ3v) is 2.63. The molecule has 0 aliphatic carbocycles. The number of hydrogen-bond acceptors (Lipinski definition) is 5. The van der Waals surface area contributed by atoms with Crippen LogP contribution in [0.25, 0.3) is 0 Å². The summed E-state index contributed by atoms with van der Waals surface area (Å²) >= 11 is 0. The van der Waals surface area contributed by atoms with Gasteiger partial charge in [0, 0.05) is 23.1 Å². The third-order valence-electron chi connectivity index (χ3n) is 0.590. The van der Waals surface area contributed by atoms with Gasteiger partial charge in [-0.15, -0.1) is 0 Å². The SMILES string of the molecule is CCOC(=O)SSCCN. The van der Waals surface area contributed by atoms with Crippen LogP contribution in [-0.4, -0.2) is 24.2 Å². The minimum Gasteiger partial charge on any atom is -0.457 e. The molecule has 0 amide bonds. The second kappa shape index (κ2) is 7.24. The standard InChI is InChI=1S/C5H11NO2S2/c1-2-8-5(7)10-9-4-3-6/h2-4,6H2,1H3. The average molecular weight is 181 g/mol. The normalized spacial score (nSPS) is 9.40. The minimum atomic E-state index is -0.235. The maximum Gasteiger partial charge on any atom is 0.378 e. The van der Waals surface area contributed by atoms with Crippen molar-refractivity contribution in [3.8, 4) is 0 Å². The predicted molar refractivity (Wildman–Crippen MR) is 46.1 cm³/mol. The van der Waals surface area contributed by atoms with Crippen LogP contribution in [0.5, 0.6) is 0 Å². The molecule has 0 atom stereocenters. The fraction of sp³-hybridized carbons (Fsp3) is 0.800. The number of carbonyl (C=O) groups is 1. The minimum absolute atomic E-state index is 0.235. The Kier molecular flexibility index (Phi) is 7.33. The van der Waals surface area contributed by atoms with Gasteiger partial charge >= 0.3 is 5.30 Å². The van der Waals surface area contributed by atoms with Crippen LogP contribution in [0.2, 0.25) is 0 Å². The molecule has 0 aromatic carbocycles. The van der Waals surface area contributed by atoms with Crippen LogP contribution < -0.4 is 5.73 Å². The molecule has 0 bridgehead atoms. The highest BCUT2D eigenvalue weighted by Gasteiger charge is 2.00. The van der Waals surface area contributed by atoms with Crippen molar-refractivity contribution in [1.29, 1.82) is 0 Å². The van der Waals surface area contributed by atoms with Crippen molar-refractivity contribution in [2.75, 3.05) is 18.9 Å². The van der Waals surface area contributed by atoms with E-state index < -0.39 is 0 Å². The fourth-order valence-electron chi connectivity index (χ4n) is 0.280. The Hall–Kier alpha value is 0.130. The van der Waals surface area contributed by atoms with Gasteiger partial charge in [-0.25, -0.2) is 4.79 Å². The molecule has 3 nitrogen and oxygen atoms in total. The summed E-state index contributed by atoms with van der Waals surface area (Å²) in [6, 6.07) is 0. The van der Waals surface area contributed by atoms with Gasteiger partial charge in [-0.2, -0.15) is 0 Å². The van der Waals surface area contributed by atoms with E-state index in [1.54, 1.807) is 6.92 Å². The number of hydrogen-bond donors (Lipinski definition) is 1. The lowest BCUT2D eigenvalue weighted by Gasteiger charge is -1.97. The molecular weight excluding hydrogens is 170 g/mol. The maximum absolute atomic E-state index is 10.6. The van der Waals surface area contributed by atoms with Crippen LogP contribution in [0.3, 0.4) is 0 Å². The van der Waals surface area contributed by atoms with Crippen molar-refractivity contribution in [1.82, 2.24) is 0 Å². The zero-order valence-electron chi connectivity index (χ0n) is 5.83. The Morgan fingerprint density at radius 3 is 2.90 bits per heavy atom. The first kappa shape index (κ1) is 10.1. The summed E-state index contributed by atoms with van der Waals surface area (Å²) in [5.74, 6) is 0.781. The lowest BCUT2D eigenvalue weighted by Crippen LogP contribution is -2.01. The van der Waals surface area contributed by atoms with Crippen molar-refractivity contribution in [3.63, 3.8) is 0 Å². The van der Waals surface area contributed by atoms with E-state index in [0.29, 0.717) is 13.2 Å². The molecule has 0 spiro atoms. The van der Waals surface area contributed by atoms with Gasteiger partial charge in [0.2, 0.25) is 0 Å². The summed E-state index contributed by atoms with van der Waals surface area (Å²) in [7, 11) is 2.52. The van der Waals surface area contributed by atoms with Gasteiger partial charge in [-0.3, -0.25) is 0 Å². The van der Waals surface area contributed by atoms with E-state index in [9.17, 15) is 4.79 Å². The maximum atomic E-state index is 10.6. The van der Waals surface area contributed by atoms with Crippen molar-refractivity contribution in [3.05, 3.63) is 0 Å². The highest BCUT2D eigenvalue weighted by molar-refractivity contribution is 8.82. The van der Waals surface area contributed by atoms with Crippen LogP contribution in [0.1, 0.15) is 6.92 Å². The second-order valence-corrected chi connectivity index (χ2v) is 3.73. The molecule has 0 aliphatic heterocycles. The zero-order valence-corrected chi connectivity index (χ0v) is 7.46. The van der Waals surface area contributed by atoms with Gasteiger partial charge in [0.1, 0.15) is 0 Å². The molecule has 0 aromatic heterocycles. The van der Waals surface area contributed by atoms with Gasteiger partial charge in [0.05, 0.1) is 6.61 Å². The van der Waals surface area contributed by atoms with Gasteiger partial charge in [0.15, 0.2) is 0 Å². The van der Waals surface area contributed by atoms with Gasteiger partial charge in [-0.1, -0.05) is 10.8 Å². The number of nitrogens with two attached hydrogens (primary N) is 1. The molecule has 0 heterocycles. The first-order valence-electron chi connectivity index (χ1n) is 2.97. The van der Waals surface area contributed by atoms with Crippen molar-refractivity contribution < 1.29 is 9.53 Å². The molecule has 0 saturated carbocycles. The van der Waals surface area contributed by atoms with E-state index in [4.69, 9.17) is 5.73 Å². The van der Waals surface area contributed by atoms with Crippen LogP contribution in [0, 0.1) is 0 Å². The number of ether oxygens (including phenoxy) is 1. The summed E-state index contributed by atoms with van der Waals surface area (Å²) < 4.78 is 4.65. The van der Waals surface area contributed by atoms with E-state index >= 15 is 0 Å². The quantitative estimate of drug-likeness (QED) is 0.404. The first-order chi connectivity index (χ1) is 4.81. The largest absolute Gasteiger partial charge is 0.457 e. The topological polar surface area (TPSA) is 52.3 Å². The Bertz CT molecular complexity index is 99.6.